The summed E-state index contributed by atoms with van der Waals surface area (Å²) in [4.78, 5) is 25.5. The van der Waals surface area contributed by atoms with Gasteiger partial charge in [-0.15, -0.1) is 0 Å². The minimum Gasteiger partial charge on any atom is -0.481 e. The van der Waals surface area contributed by atoms with Crippen LogP contribution in [0, 0.1) is 13.8 Å². The van der Waals surface area contributed by atoms with Gasteiger partial charge >= 0.3 is 5.97 Å². The molecule has 6 heteroatoms. The van der Waals surface area contributed by atoms with E-state index in [2.05, 4.69) is 0 Å². The first-order chi connectivity index (χ1) is 11.9. The van der Waals surface area contributed by atoms with Gasteiger partial charge in [0.2, 0.25) is 5.91 Å². The van der Waals surface area contributed by atoms with Crippen LogP contribution in [0.2, 0.25) is 0 Å². The summed E-state index contributed by atoms with van der Waals surface area (Å²) in [7, 11) is 1.59. The number of carboxylic acid groups (broad SMARTS) is 1. The Kier molecular flexibility index (Phi) is 4.81. The smallest absolute Gasteiger partial charge is 0.305 e. The Labute approximate surface area is 146 Å². The number of aryl methyl sites for hydroxylation is 2. The number of aliphatic carboxylic acids is 1. The highest BCUT2D eigenvalue weighted by molar-refractivity contribution is 5.90. The zero-order valence-electron chi connectivity index (χ0n) is 14.7. The fourth-order valence-corrected chi connectivity index (χ4v) is 3.53. The molecule has 1 aromatic heterocycles. The monoisotopic (exact) mass is 345 g/mol. The highest BCUT2D eigenvalue weighted by Gasteiger charge is 2.36. The number of ether oxygens (including phenoxy) is 1. The van der Waals surface area contributed by atoms with Crippen LogP contribution in [0.5, 0.6) is 0 Å². The van der Waals surface area contributed by atoms with Crippen molar-refractivity contribution in [3.8, 4) is 0 Å². The Hall–Kier alpha value is -2.34. The number of fused-ring (bicyclic) bond motifs is 1. The fourth-order valence-electron chi connectivity index (χ4n) is 3.53. The summed E-state index contributed by atoms with van der Waals surface area (Å²) in [6.45, 7) is 4.45. The van der Waals surface area contributed by atoms with Crippen LogP contribution in [0.25, 0.3) is 11.0 Å². The van der Waals surface area contributed by atoms with Crippen molar-refractivity contribution in [2.24, 2.45) is 0 Å². The summed E-state index contributed by atoms with van der Waals surface area (Å²) in [6, 6.07) is 3.67. The SMILES string of the molecule is COC1CC(CC(=O)O)N(C(=O)Cc2coc3c(C)c(C)ccc23)C1. The summed E-state index contributed by atoms with van der Waals surface area (Å²) >= 11 is 0. The topological polar surface area (TPSA) is 80.0 Å². The first-order valence-corrected chi connectivity index (χ1v) is 8.41. The Morgan fingerprint density at radius 1 is 1.36 bits per heavy atom. The van der Waals surface area contributed by atoms with E-state index < -0.39 is 5.97 Å². The molecule has 3 rings (SSSR count). The van der Waals surface area contributed by atoms with Crippen molar-refractivity contribution in [1.29, 1.82) is 0 Å². The van der Waals surface area contributed by atoms with Gasteiger partial charge in [-0.05, 0) is 31.4 Å². The number of hydrogen-bond donors (Lipinski definition) is 1. The summed E-state index contributed by atoms with van der Waals surface area (Å²) in [5, 5.41) is 10.0. The highest BCUT2D eigenvalue weighted by Crippen LogP contribution is 2.29. The van der Waals surface area contributed by atoms with Crippen LogP contribution < -0.4 is 0 Å². The molecule has 25 heavy (non-hydrogen) atoms. The van der Waals surface area contributed by atoms with Crippen LogP contribution in [0.1, 0.15) is 29.5 Å². The maximum absolute atomic E-state index is 12.8. The molecule has 0 spiro atoms. The molecule has 0 aliphatic carbocycles. The fraction of sp³-hybridized carbons (Fsp3) is 0.474. The lowest BCUT2D eigenvalue weighted by molar-refractivity contribution is -0.139. The molecule has 1 N–H and O–H groups in total. The average molecular weight is 345 g/mol. The lowest BCUT2D eigenvalue weighted by Crippen LogP contribution is -2.38. The number of hydrogen-bond acceptors (Lipinski definition) is 4. The van der Waals surface area contributed by atoms with Crippen LogP contribution >= 0.6 is 0 Å². The van der Waals surface area contributed by atoms with Crippen molar-refractivity contribution in [2.45, 2.75) is 45.3 Å². The molecule has 0 radical (unpaired) electrons. The van der Waals surface area contributed by atoms with Crippen molar-refractivity contribution < 1.29 is 23.8 Å². The number of rotatable bonds is 5. The number of carbonyl (C=O) groups is 2. The average Bonchev–Trinajstić information content (AvgIpc) is 3.15. The van der Waals surface area contributed by atoms with E-state index in [4.69, 9.17) is 14.3 Å². The molecule has 0 bridgehead atoms. The molecule has 1 amide bonds. The standard InChI is InChI=1S/C19H23NO5/c1-11-4-5-16-13(10-25-19(16)12(11)2)6-17(21)20-9-15(24-3)7-14(20)8-18(22)23/h4-5,10,14-15H,6-9H2,1-3H3,(H,22,23). The Morgan fingerprint density at radius 3 is 2.80 bits per heavy atom. The van der Waals surface area contributed by atoms with E-state index in [1.165, 1.54) is 0 Å². The van der Waals surface area contributed by atoms with Gasteiger partial charge in [0.05, 0.1) is 25.2 Å². The van der Waals surface area contributed by atoms with Crippen LogP contribution in [0.4, 0.5) is 0 Å². The maximum atomic E-state index is 12.8. The third kappa shape index (κ3) is 3.39. The quantitative estimate of drug-likeness (QED) is 0.901. The predicted molar refractivity (Wildman–Crippen MR) is 92.6 cm³/mol. The normalized spacial score (nSPS) is 20.4. The van der Waals surface area contributed by atoms with E-state index in [1.807, 2.05) is 26.0 Å². The van der Waals surface area contributed by atoms with E-state index >= 15 is 0 Å². The number of carbonyl (C=O) groups excluding carboxylic acids is 1. The Balaban J connectivity index is 1.81. The number of likely N-dealkylation sites (tertiary alicyclic amines) is 1. The zero-order valence-corrected chi connectivity index (χ0v) is 14.7. The molecule has 1 aliphatic rings. The van der Waals surface area contributed by atoms with Crippen LogP contribution in [0.15, 0.2) is 22.8 Å². The number of amides is 1. The molecule has 1 aromatic carbocycles. The third-order valence-corrected chi connectivity index (χ3v) is 5.12. The van der Waals surface area contributed by atoms with E-state index in [0.717, 1.165) is 27.7 Å². The molecular weight excluding hydrogens is 322 g/mol. The molecule has 1 aliphatic heterocycles. The van der Waals surface area contributed by atoms with E-state index in [0.29, 0.717) is 13.0 Å². The largest absolute Gasteiger partial charge is 0.481 e. The maximum Gasteiger partial charge on any atom is 0.305 e. The van der Waals surface area contributed by atoms with Crippen molar-refractivity contribution in [3.05, 3.63) is 35.1 Å². The van der Waals surface area contributed by atoms with Gasteiger partial charge in [0, 0.05) is 30.6 Å². The highest BCUT2D eigenvalue weighted by atomic mass is 16.5. The van der Waals surface area contributed by atoms with E-state index in [9.17, 15) is 9.59 Å². The van der Waals surface area contributed by atoms with Crippen molar-refractivity contribution in [2.75, 3.05) is 13.7 Å². The van der Waals surface area contributed by atoms with Gasteiger partial charge in [-0.3, -0.25) is 9.59 Å². The second kappa shape index (κ2) is 6.88. The molecule has 2 aromatic rings. The number of methoxy groups -OCH3 is 1. The zero-order chi connectivity index (χ0) is 18.1. The summed E-state index contributed by atoms with van der Waals surface area (Å²) in [5.74, 6) is -0.994. The van der Waals surface area contributed by atoms with E-state index in [-0.39, 0.29) is 30.9 Å². The molecule has 134 valence electrons. The number of benzene rings is 1. The van der Waals surface area contributed by atoms with Gasteiger partial charge in [0.25, 0.3) is 0 Å². The molecule has 1 saturated heterocycles. The van der Waals surface area contributed by atoms with Crippen molar-refractivity contribution in [3.63, 3.8) is 0 Å². The molecule has 1 fully saturated rings. The number of nitrogens with zero attached hydrogens (tertiary/aromatic N) is 1. The van der Waals surface area contributed by atoms with Crippen molar-refractivity contribution in [1.82, 2.24) is 4.90 Å². The molecule has 6 nitrogen and oxygen atoms in total. The van der Waals surface area contributed by atoms with E-state index in [1.54, 1.807) is 18.3 Å². The minimum absolute atomic E-state index is 0.0595. The number of carboxylic acids is 1. The molecule has 2 unspecified atom stereocenters. The van der Waals surface area contributed by atoms with Crippen LogP contribution in [-0.2, 0) is 20.7 Å². The lowest BCUT2D eigenvalue weighted by Gasteiger charge is -2.23. The molecular formula is C19H23NO5. The lowest BCUT2D eigenvalue weighted by atomic mass is 10.0. The van der Waals surface area contributed by atoms with Crippen LogP contribution in [0.3, 0.4) is 0 Å². The second-order valence-corrected chi connectivity index (χ2v) is 6.71. The number of furan rings is 1. The van der Waals surface area contributed by atoms with Gasteiger partial charge in [-0.1, -0.05) is 12.1 Å². The second-order valence-electron chi connectivity index (χ2n) is 6.71. The first kappa shape index (κ1) is 17.5. The minimum atomic E-state index is -0.903. The van der Waals surface area contributed by atoms with Crippen LogP contribution in [-0.4, -0.2) is 47.7 Å². The molecule has 2 atom stereocenters. The first-order valence-electron chi connectivity index (χ1n) is 8.41. The Morgan fingerprint density at radius 2 is 2.12 bits per heavy atom. The van der Waals surface area contributed by atoms with Gasteiger partial charge in [-0.25, -0.2) is 0 Å². The third-order valence-electron chi connectivity index (χ3n) is 5.12. The molecule has 2 heterocycles. The Bertz CT molecular complexity index is 809. The summed E-state index contributed by atoms with van der Waals surface area (Å²) < 4.78 is 11.0. The van der Waals surface area contributed by atoms with Gasteiger partial charge < -0.3 is 19.2 Å². The van der Waals surface area contributed by atoms with Gasteiger partial charge in [0.15, 0.2) is 0 Å². The van der Waals surface area contributed by atoms with Gasteiger partial charge in [-0.2, -0.15) is 0 Å². The predicted octanol–water partition coefficient (Wildman–Crippen LogP) is 2.68. The molecule has 0 saturated carbocycles. The summed E-state index contributed by atoms with van der Waals surface area (Å²) in [5.41, 5.74) is 3.85. The van der Waals surface area contributed by atoms with Crippen molar-refractivity contribution >= 4 is 22.8 Å². The summed E-state index contributed by atoms with van der Waals surface area (Å²) in [6.07, 6.45) is 2.21. The van der Waals surface area contributed by atoms with Gasteiger partial charge in [0.1, 0.15) is 5.58 Å².